The fraction of sp³-hybridized carbons (Fsp3) is 0.429. The summed E-state index contributed by atoms with van der Waals surface area (Å²) in [5.41, 5.74) is 1.41. The summed E-state index contributed by atoms with van der Waals surface area (Å²) >= 11 is 0. The highest BCUT2D eigenvalue weighted by molar-refractivity contribution is 6.05. The smallest absolute Gasteiger partial charge is 0.262 e. The van der Waals surface area contributed by atoms with Crippen LogP contribution in [0.2, 0.25) is 0 Å². The fourth-order valence-electron chi connectivity index (χ4n) is 4.38. The molecule has 162 valence electrons. The minimum atomic E-state index is -0.517. The van der Waals surface area contributed by atoms with E-state index in [0.717, 1.165) is 26.2 Å². The van der Waals surface area contributed by atoms with Crippen molar-refractivity contribution < 1.29 is 13.9 Å². The first-order chi connectivity index (χ1) is 15.0. The number of aryl methyl sites for hydroxylation is 1. The first kappa shape index (κ1) is 19.7. The number of anilines is 2. The Morgan fingerprint density at radius 2 is 2.06 bits per heavy atom. The standard InChI is InChI=1S/C21H24FN7O2/c1-3-31-20-16(7-24-21(27-20)29-9-13-5-23-6-14(13)10-29)19(30)26-15-4-17(22)18-25-12(2)8-28(18)11-15/h4,7-8,11,13-14,23H,3,5-6,9-10H2,1-2H3,(H,26,30). The number of rotatable bonds is 5. The molecule has 5 rings (SSSR count). The van der Waals surface area contributed by atoms with E-state index >= 15 is 0 Å². The van der Waals surface area contributed by atoms with Crippen molar-refractivity contribution in [1.82, 2.24) is 24.7 Å². The number of fused-ring (bicyclic) bond motifs is 2. The van der Waals surface area contributed by atoms with Crippen LogP contribution >= 0.6 is 0 Å². The van der Waals surface area contributed by atoms with Crippen molar-refractivity contribution in [1.29, 1.82) is 0 Å². The van der Waals surface area contributed by atoms with Crippen molar-refractivity contribution in [2.75, 3.05) is 43.0 Å². The van der Waals surface area contributed by atoms with Crippen molar-refractivity contribution >= 4 is 23.2 Å². The molecule has 10 heteroatoms. The van der Waals surface area contributed by atoms with Gasteiger partial charge in [-0.2, -0.15) is 4.98 Å². The molecule has 0 bridgehead atoms. The number of carbonyl (C=O) groups excluding carboxylic acids is 1. The largest absolute Gasteiger partial charge is 0.477 e. The molecular formula is C21H24FN7O2. The van der Waals surface area contributed by atoms with Crippen LogP contribution in [0, 0.1) is 24.6 Å². The average molecular weight is 425 g/mol. The molecule has 2 aliphatic rings. The van der Waals surface area contributed by atoms with Gasteiger partial charge in [-0.1, -0.05) is 0 Å². The van der Waals surface area contributed by atoms with Crippen molar-refractivity contribution in [3.05, 3.63) is 41.7 Å². The topological polar surface area (TPSA) is 96.7 Å². The van der Waals surface area contributed by atoms with E-state index < -0.39 is 11.7 Å². The molecule has 0 saturated carbocycles. The minimum absolute atomic E-state index is 0.203. The van der Waals surface area contributed by atoms with E-state index in [-0.39, 0.29) is 17.1 Å². The minimum Gasteiger partial charge on any atom is -0.477 e. The molecule has 2 aliphatic heterocycles. The Hall–Kier alpha value is -3.27. The number of carbonyl (C=O) groups is 1. The number of amides is 1. The molecule has 2 fully saturated rings. The van der Waals surface area contributed by atoms with Crippen LogP contribution in [0.1, 0.15) is 23.0 Å². The Morgan fingerprint density at radius 1 is 1.29 bits per heavy atom. The van der Waals surface area contributed by atoms with Gasteiger partial charge in [0.05, 0.1) is 18.0 Å². The molecule has 0 spiro atoms. The first-order valence-electron chi connectivity index (χ1n) is 10.4. The molecule has 3 aromatic heterocycles. The van der Waals surface area contributed by atoms with Gasteiger partial charge in [0.2, 0.25) is 11.8 Å². The van der Waals surface area contributed by atoms with Gasteiger partial charge in [0, 0.05) is 50.8 Å². The van der Waals surface area contributed by atoms with E-state index in [1.54, 1.807) is 23.7 Å². The zero-order chi connectivity index (χ0) is 21.5. The predicted octanol–water partition coefficient (Wildman–Crippen LogP) is 1.88. The SMILES string of the molecule is CCOc1nc(N2CC3CNCC3C2)ncc1C(=O)Nc1cc(F)c2nc(C)cn2c1. The van der Waals surface area contributed by atoms with Crippen LogP contribution in [0.25, 0.3) is 5.65 Å². The summed E-state index contributed by atoms with van der Waals surface area (Å²) < 4.78 is 21.5. The average Bonchev–Trinajstić information content (AvgIpc) is 3.42. The molecule has 0 radical (unpaired) electrons. The van der Waals surface area contributed by atoms with Gasteiger partial charge in [-0.25, -0.2) is 14.4 Å². The van der Waals surface area contributed by atoms with E-state index in [1.165, 1.54) is 12.3 Å². The summed E-state index contributed by atoms with van der Waals surface area (Å²) in [6.07, 6.45) is 4.78. The summed E-state index contributed by atoms with van der Waals surface area (Å²) in [7, 11) is 0. The highest BCUT2D eigenvalue weighted by Gasteiger charge is 2.37. The number of pyridine rings is 1. The van der Waals surface area contributed by atoms with Gasteiger partial charge >= 0.3 is 0 Å². The molecule has 2 saturated heterocycles. The second-order valence-corrected chi connectivity index (χ2v) is 8.05. The van der Waals surface area contributed by atoms with Crippen LogP contribution in [0.15, 0.2) is 24.7 Å². The number of halogens is 1. The van der Waals surface area contributed by atoms with E-state index in [4.69, 9.17) is 4.74 Å². The third-order valence-electron chi connectivity index (χ3n) is 5.82. The molecule has 0 aromatic carbocycles. The molecule has 2 unspecified atom stereocenters. The van der Waals surface area contributed by atoms with Crippen LogP contribution in [-0.2, 0) is 0 Å². The molecule has 5 heterocycles. The Balaban J connectivity index is 1.39. The lowest BCUT2D eigenvalue weighted by Gasteiger charge is -2.19. The third kappa shape index (κ3) is 3.67. The van der Waals surface area contributed by atoms with Crippen molar-refractivity contribution in [3.8, 4) is 5.88 Å². The number of hydrogen-bond acceptors (Lipinski definition) is 7. The predicted molar refractivity (Wildman–Crippen MR) is 113 cm³/mol. The summed E-state index contributed by atoms with van der Waals surface area (Å²) in [6.45, 7) is 7.77. The number of ether oxygens (including phenoxy) is 1. The third-order valence-corrected chi connectivity index (χ3v) is 5.82. The highest BCUT2D eigenvalue weighted by Crippen LogP contribution is 2.30. The number of nitrogens with one attached hydrogen (secondary N) is 2. The summed E-state index contributed by atoms with van der Waals surface area (Å²) in [6, 6.07) is 1.24. The van der Waals surface area contributed by atoms with Gasteiger partial charge in [0.15, 0.2) is 11.5 Å². The Kier molecular flexibility index (Phi) is 4.93. The second-order valence-electron chi connectivity index (χ2n) is 8.05. The zero-order valence-corrected chi connectivity index (χ0v) is 17.4. The maximum Gasteiger partial charge on any atom is 0.262 e. The van der Waals surface area contributed by atoms with E-state index in [1.807, 2.05) is 6.92 Å². The maximum absolute atomic E-state index is 14.3. The Morgan fingerprint density at radius 3 is 2.81 bits per heavy atom. The van der Waals surface area contributed by atoms with Gasteiger partial charge in [-0.3, -0.25) is 4.79 Å². The molecule has 31 heavy (non-hydrogen) atoms. The maximum atomic E-state index is 14.3. The highest BCUT2D eigenvalue weighted by atomic mass is 19.1. The molecule has 0 aliphatic carbocycles. The molecule has 2 atom stereocenters. The lowest BCUT2D eigenvalue weighted by Crippen LogP contribution is -2.27. The van der Waals surface area contributed by atoms with E-state index in [0.29, 0.717) is 35.8 Å². The van der Waals surface area contributed by atoms with Gasteiger partial charge in [0.25, 0.3) is 5.91 Å². The number of aromatic nitrogens is 4. The number of hydrogen-bond donors (Lipinski definition) is 2. The second kappa shape index (κ2) is 7.77. The fourth-order valence-corrected chi connectivity index (χ4v) is 4.38. The van der Waals surface area contributed by atoms with Gasteiger partial charge in [-0.05, 0) is 25.7 Å². The molecular weight excluding hydrogens is 401 g/mol. The molecule has 9 nitrogen and oxygen atoms in total. The lowest BCUT2D eigenvalue weighted by molar-refractivity contribution is 0.102. The van der Waals surface area contributed by atoms with Gasteiger partial charge < -0.3 is 24.7 Å². The molecule has 2 N–H and O–H groups in total. The zero-order valence-electron chi connectivity index (χ0n) is 17.4. The van der Waals surface area contributed by atoms with Crippen molar-refractivity contribution in [3.63, 3.8) is 0 Å². The van der Waals surface area contributed by atoms with Crippen molar-refractivity contribution in [2.45, 2.75) is 13.8 Å². The van der Waals surface area contributed by atoms with E-state index in [9.17, 15) is 9.18 Å². The van der Waals surface area contributed by atoms with Crippen LogP contribution in [0.3, 0.4) is 0 Å². The first-order valence-corrected chi connectivity index (χ1v) is 10.4. The number of imidazole rings is 1. The van der Waals surface area contributed by atoms with Gasteiger partial charge in [0.1, 0.15) is 5.56 Å². The summed E-state index contributed by atoms with van der Waals surface area (Å²) in [5, 5.41) is 6.13. The molecule has 1 amide bonds. The van der Waals surface area contributed by atoms with Crippen LogP contribution in [0.4, 0.5) is 16.0 Å². The Labute approximate surface area is 178 Å². The van der Waals surface area contributed by atoms with Gasteiger partial charge in [-0.15, -0.1) is 0 Å². The summed E-state index contributed by atoms with van der Waals surface area (Å²) in [5.74, 6) is 0.998. The van der Waals surface area contributed by atoms with Crippen LogP contribution in [0.5, 0.6) is 5.88 Å². The monoisotopic (exact) mass is 425 g/mol. The molecule has 3 aromatic rings. The lowest BCUT2D eigenvalue weighted by atomic mass is 10.0. The Bertz CT molecular complexity index is 1140. The van der Waals surface area contributed by atoms with Crippen LogP contribution in [-0.4, -0.2) is 58.0 Å². The van der Waals surface area contributed by atoms with E-state index in [2.05, 4.69) is 30.5 Å². The number of nitrogens with zero attached hydrogens (tertiary/aromatic N) is 5. The quantitative estimate of drug-likeness (QED) is 0.644. The van der Waals surface area contributed by atoms with Crippen molar-refractivity contribution in [2.24, 2.45) is 11.8 Å². The van der Waals surface area contributed by atoms with Crippen LogP contribution < -0.4 is 20.3 Å². The summed E-state index contributed by atoms with van der Waals surface area (Å²) in [4.78, 5) is 28.1. The normalized spacial score (nSPS) is 20.3.